The van der Waals surface area contributed by atoms with Crippen LogP contribution in [0, 0.1) is 17.9 Å². The van der Waals surface area contributed by atoms with E-state index < -0.39 is 0 Å². The molecule has 2 heteroatoms. The maximum absolute atomic E-state index is 9.14. The molecule has 0 aliphatic heterocycles. The van der Waals surface area contributed by atoms with E-state index in [4.69, 9.17) is 11.8 Å². The molecule has 0 aromatic heterocycles. The van der Waals surface area contributed by atoms with Gasteiger partial charge in [0.25, 0.3) is 0 Å². The van der Waals surface area contributed by atoms with Crippen LogP contribution in [0.3, 0.4) is 0 Å². The number of benzene rings is 7. The van der Waals surface area contributed by atoms with Gasteiger partial charge in [-0.05, 0) is 78.2 Å². The van der Waals surface area contributed by atoms with E-state index in [2.05, 4.69) is 108 Å². The first-order chi connectivity index (χ1) is 20.7. The van der Waals surface area contributed by atoms with Crippen molar-refractivity contribution in [3.8, 4) is 50.6 Å². The first-order valence-corrected chi connectivity index (χ1v) is 13.9. The minimum absolute atomic E-state index is 0.650. The Labute approximate surface area is 245 Å². The molecule has 0 unspecified atom stereocenters. The third-order valence-corrected chi connectivity index (χ3v) is 7.96. The van der Waals surface area contributed by atoms with Crippen molar-refractivity contribution in [1.82, 2.24) is 0 Å². The molecule has 0 spiro atoms. The van der Waals surface area contributed by atoms with Gasteiger partial charge in [0.1, 0.15) is 0 Å². The Morgan fingerprint density at radius 3 is 1.05 bits per heavy atom. The number of hydrogen-bond acceptors (Lipinski definition) is 1. The second-order valence-corrected chi connectivity index (χ2v) is 10.3. The molecule has 0 fully saturated rings. The zero-order chi connectivity index (χ0) is 28.5. The summed E-state index contributed by atoms with van der Waals surface area (Å²) in [5.74, 6) is 0. The summed E-state index contributed by atoms with van der Waals surface area (Å²) in [5.41, 5.74) is 10.6. The summed E-state index contributed by atoms with van der Waals surface area (Å²) < 4.78 is 0. The molecule has 0 saturated carbocycles. The monoisotopic (exact) mass is 532 g/mol. The highest BCUT2D eigenvalue weighted by atomic mass is 14.6. The van der Waals surface area contributed by atoms with E-state index in [9.17, 15) is 0 Å². The van der Waals surface area contributed by atoms with Crippen LogP contribution < -0.4 is 0 Å². The first kappa shape index (κ1) is 25.0. The molecular formula is C40H24N2. The lowest BCUT2D eigenvalue weighted by molar-refractivity contribution is 1.48. The van der Waals surface area contributed by atoms with Crippen LogP contribution in [0.1, 0.15) is 5.56 Å². The van der Waals surface area contributed by atoms with Gasteiger partial charge in [0, 0.05) is 0 Å². The summed E-state index contributed by atoms with van der Waals surface area (Å²) in [4.78, 5) is 3.51. The number of nitriles is 1. The van der Waals surface area contributed by atoms with Crippen molar-refractivity contribution in [2.24, 2.45) is 0 Å². The summed E-state index contributed by atoms with van der Waals surface area (Å²) in [6.45, 7) is 7.22. The second-order valence-electron chi connectivity index (χ2n) is 10.3. The Morgan fingerprint density at radius 1 is 0.405 bits per heavy atom. The normalized spacial score (nSPS) is 10.8. The lowest BCUT2D eigenvalue weighted by Crippen LogP contribution is -1.91. The smallest absolute Gasteiger partial charge is 0.187 e. The van der Waals surface area contributed by atoms with Crippen LogP contribution in [-0.2, 0) is 0 Å². The Bertz CT molecular complexity index is 1940. The minimum atomic E-state index is 0.650. The van der Waals surface area contributed by atoms with Crippen LogP contribution in [0.4, 0.5) is 5.69 Å². The zero-order valence-electron chi connectivity index (χ0n) is 22.8. The van der Waals surface area contributed by atoms with Gasteiger partial charge in [-0.2, -0.15) is 5.26 Å². The quantitative estimate of drug-likeness (QED) is 0.164. The van der Waals surface area contributed by atoms with Gasteiger partial charge in [0.05, 0.1) is 18.2 Å². The fourth-order valence-corrected chi connectivity index (χ4v) is 5.87. The lowest BCUT2D eigenvalue weighted by Gasteiger charge is -2.18. The van der Waals surface area contributed by atoms with Crippen molar-refractivity contribution in [3.63, 3.8) is 0 Å². The van der Waals surface area contributed by atoms with Crippen molar-refractivity contribution in [1.29, 1.82) is 5.26 Å². The lowest BCUT2D eigenvalue weighted by atomic mass is 9.85. The van der Waals surface area contributed by atoms with Gasteiger partial charge in [-0.1, -0.05) is 133 Å². The largest absolute Gasteiger partial charge is 0.238 e. The highest BCUT2D eigenvalue weighted by Crippen LogP contribution is 2.44. The van der Waals surface area contributed by atoms with E-state index in [1.807, 2.05) is 48.5 Å². The molecule has 0 aliphatic carbocycles. The highest BCUT2D eigenvalue weighted by Gasteiger charge is 2.16. The second kappa shape index (κ2) is 10.5. The van der Waals surface area contributed by atoms with Gasteiger partial charge in [0.15, 0.2) is 5.69 Å². The Hall–Kier alpha value is -5.96. The number of hydrogen-bond donors (Lipinski definition) is 0. The van der Waals surface area contributed by atoms with Gasteiger partial charge in [-0.3, -0.25) is 0 Å². The summed E-state index contributed by atoms with van der Waals surface area (Å²) in [7, 11) is 0. The Kier molecular flexibility index (Phi) is 6.29. The van der Waals surface area contributed by atoms with Crippen LogP contribution in [0.25, 0.3) is 70.9 Å². The average Bonchev–Trinajstić information content (AvgIpc) is 3.07. The fourth-order valence-electron chi connectivity index (χ4n) is 5.87. The maximum Gasteiger partial charge on any atom is 0.187 e. The fraction of sp³-hybridized carbons (Fsp3) is 0. The standard InChI is InChI=1S/C40H24N2/c1-42-34-24-22-31(23-25-34)30-16-20-33(21-17-30)40-37-8-4-2-6-35(37)39(36-7-3-5-9-38(36)40)32-18-14-29(15-19-32)28-12-10-27(26-41)11-13-28/h2-25H. The highest BCUT2D eigenvalue weighted by molar-refractivity contribution is 6.21. The van der Waals surface area contributed by atoms with Crippen LogP contribution in [0.15, 0.2) is 146 Å². The third kappa shape index (κ3) is 4.39. The molecular weight excluding hydrogens is 508 g/mol. The van der Waals surface area contributed by atoms with Crippen molar-refractivity contribution >= 4 is 27.2 Å². The van der Waals surface area contributed by atoms with E-state index in [0.29, 0.717) is 11.3 Å². The molecule has 7 aromatic carbocycles. The Balaban J connectivity index is 1.36. The number of fused-ring (bicyclic) bond motifs is 2. The van der Waals surface area contributed by atoms with Gasteiger partial charge in [0.2, 0.25) is 0 Å². The van der Waals surface area contributed by atoms with Gasteiger partial charge >= 0.3 is 0 Å². The zero-order valence-corrected chi connectivity index (χ0v) is 22.8. The van der Waals surface area contributed by atoms with Gasteiger partial charge < -0.3 is 0 Å². The van der Waals surface area contributed by atoms with Crippen LogP contribution >= 0.6 is 0 Å². The molecule has 0 amide bonds. The Morgan fingerprint density at radius 2 is 0.714 bits per heavy atom. The average molecular weight is 533 g/mol. The maximum atomic E-state index is 9.14. The summed E-state index contributed by atoms with van der Waals surface area (Å²) >= 11 is 0. The molecule has 0 bridgehead atoms. The summed E-state index contributed by atoms with van der Waals surface area (Å²) in [5, 5.41) is 14.0. The number of rotatable bonds is 4. The molecule has 7 aromatic rings. The third-order valence-electron chi connectivity index (χ3n) is 7.96. The summed E-state index contributed by atoms with van der Waals surface area (Å²) in [6.07, 6.45) is 0. The van der Waals surface area contributed by atoms with E-state index in [0.717, 1.165) is 22.3 Å². The molecule has 0 atom stereocenters. The molecule has 0 heterocycles. The number of nitrogens with zero attached hydrogens (tertiary/aromatic N) is 2. The van der Waals surface area contributed by atoms with Crippen molar-refractivity contribution in [2.75, 3.05) is 0 Å². The molecule has 0 saturated heterocycles. The molecule has 2 nitrogen and oxygen atoms in total. The van der Waals surface area contributed by atoms with Gasteiger partial charge in [-0.25, -0.2) is 4.85 Å². The van der Waals surface area contributed by atoms with E-state index in [1.54, 1.807) is 0 Å². The van der Waals surface area contributed by atoms with E-state index in [-0.39, 0.29) is 0 Å². The van der Waals surface area contributed by atoms with Crippen molar-refractivity contribution < 1.29 is 0 Å². The van der Waals surface area contributed by atoms with E-state index in [1.165, 1.54) is 43.8 Å². The van der Waals surface area contributed by atoms with Crippen LogP contribution in [0.5, 0.6) is 0 Å². The van der Waals surface area contributed by atoms with Gasteiger partial charge in [-0.15, -0.1) is 0 Å². The minimum Gasteiger partial charge on any atom is -0.238 e. The van der Waals surface area contributed by atoms with E-state index >= 15 is 0 Å². The SMILES string of the molecule is [C-]#[N+]c1ccc(-c2ccc(-c3c4ccccc4c(-c4ccc(-c5ccc(C#N)cc5)cc4)c4ccccc34)cc2)cc1. The van der Waals surface area contributed by atoms with Crippen molar-refractivity contribution in [2.45, 2.75) is 0 Å². The molecule has 194 valence electrons. The predicted molar refractivity (Wildman–Crippen MR) is 174 cm³/mol. The first-order valence-electron chi connectivity index (χ1n) is 13.9. The molecule has 7 rings (SSSR count). The molecule has 0 N–H and O–H groups in total. The molecule has 0 aliphatic rings. The summed E-state index contributed by atoms with van der Waals surface area (Å²) in [6, 6.07) is 52.5. The molecule has 0 radical (unpaired) electrons. The van der Waals surface area contributed by atoms with Crippen LogP contribution in [0.2, 0.25) is 0 Å². The van der Waals surface area contributed by atoms with Crippen molar-refractivity contribution in [3.05, 3.63) is 163 Å². The topological polar surface area (TPSA) is 28.1 Å². The van der Waals surface area contributed by atoms with Crippen LogP contribution in [-0.4, -0.2) is 0 Å². The predicted octanol–water partition coefficient (Wildman–Crippen LogP) is 11.1. The molecule has 42 heavy (non-hydrogen) atoms.